The van der Waals surface area contributed by atoms with Crippen LogP contribution >= 0.6 is 11.8 Å². The van der Waals surface area contributed by atoms with Gasteiger partial charge in [-0.1, -0.05) is 49.2 Å². The summed E-state index contributed by atoms with van der Waals surface area (Å²) in [6.07, 6.45) is 7.31. The molecule has 11 rings (SSSR count). The fourth-order valence-electron chi connectivity index (χ4n) is 12.5. The highest BCUT2D eigenvalue weighted by Gasteiger charge is 2.43. The Kier molecular flexibility index (Phi) is 17.9. The summed E-state index contributed by atoms with van der Waals surface area (Å²) in [5.41, 5.74) is 8.40. The SMILES string of the molecule is COCCOCCOCCN(CC(C)(C)SC1CC(=O)N(CCC(=O)C2CCCC2)C1=O)c1cc(COc2cc3c(cc2OC)C(=O)N2c4ccccc4C[C@H]2C=N3)cc(COc2cc3c(cc2OC)C(=O)N2c4ccccc4C[C@H]2CN3)c1. The van der Waals surface area contributed by atoms with Crippen LogP contribution < -0.4 is 39.0 Å². The zero-order chi connectivity index (χ0) is 58.5. The first kappa shape index (κ1) is 58.3. The number of anilines is 4. The number of aliphatic imine (C=N–C) groups is 1. The predicted octanol–water partition coefficient (Wildman–Crippen LogP) is 9.42. The molecule has 18 nitrogen and oxygen atoms in total. The number of carbonyl (C=O) groups is 5. The van der Waals surface area contributed by atoms with Crippen molar-refractivity contribution in [3.63, 3.8) is 0 Å². The van der Waals surface area contributed by atoms with Gasteiger partial charge in [-0.2, -0.15) is 0 Å². The van der Waals surface area contributed by atoms with Gasteiger partial charge in [0.25, 0.3) is 11.8 Å². The van der Waals surface area contributed by atoms with Crippen LogP contribution in [-0.2, 0) is 54.6 Å². The zero-order valence-corrected chi connectivity index (χ0v) is 49.3. The molecule has 84 heavy (non-hydrogen) atoms. The minimum Gasteiger partial charge on any atom is -0.493 e. The molecular weight excluding hydrogens is 1090 g/mol. The number of fused-ring (bicyclic) bond motifs is 8. The molecule has 3 atom stereocenters. The van der Waals surface area contributed by atoms with Crippen LogP contribution in [0.4, 0.5) is 28.4 Å². The smallest absolute Gasteiger partial charge is 0.261 e. The number of amides is 4. The quantitative estimate of drug-likeness (QED) is 0.0407. The van der Waals surface area contributed by atoms with Gasteiger partial charge >= 0.3 is 0 Å². The van der Waals surface area contributed by atoms with Gasteiger partial charge in [0.15, 0.2) is 23.0 Å². The molecule has 5 heterocycles. The van der Waals surface area contributed by atoms with E-state index >= 15 is 0 Å². The van der Waals surface area contributed by atoms with Gasteiger partial charge in [0, 0.05) is 98.6 Å². The molecule has 19 heteroatoms. The Labute approximate surface area is 495 Å². The van der Waals surface area contributed by atoms with Crippen LogP contribution in [0.25, 0.3) is 0 Å². The van der Waals surface area contributed by atoms with Crippen molar-refractivity contribution >= 4 is 75.8 Å². The summed E-state index contributed by atoms with van der Waals surface area (Å²) in [6, 6.07) is 28.8. The third-order valence-corrected chi connectivity index (χ3v) is 18.0. The lowest BCUT2D eigenvalue weighted by Crippen LogP contribution is -2.41. The van der Waals surface area contributed by atoms with E-state index in [0.29, 0.717) is 105 Å². The molecule has 1 saturated heterocycles. The van der Waals surface area contributed by atoms with Gasteiger partial charge in [0.2, 0.25) is 11.8 Å². The third kappa shape index (κ3) is 12.7. The Morgan fingerprint density at radius 1 is 0.714 bits per heavy atom. The summed E-state index contributed by atoms with van der Waals surface area (Å²) in [5.74, 6) is 0.977. The number of carbonyl (C=O) groups excluding carboxylic acids is 5. The maximum atomic E-state index is 14.3. The number of hydrogen-bond donors (Lipinski definition) is 1. The van der Waals surface area contributed by atoms with Crippen molar-refractivity contribution < 1.29 is 57.1 Å². The maximum absolute atomic E-state index is 14.3. The number of methoxy groups -OCH3 is 3. The van der Waals surface area contributed by atoms with Gasteiger partial charge in [-0.25, -0.2) is 0 Å². The molecule has 0 radical (unpaired) electrons. The molecule has 1 saturated carbocycles. The van der Waals surface area contributed by atoms with Gasteiger partial charge in [0.1, 0.15) is 19.0 Å². The monoisotopic (exact) mass is 1160 g/mol. The van der Waals surface area contributed by atoms with E-state index in [2.05, 4.69) is 42.3 Å². The molecule has 1 N–H and O–H groups in total. The summed E-state index contributed by atoms with van der Waals surface area (Å²) in [5, 5.41) is 2.92. The van der Waals surface area contributed by atoms with Crippen molar-refractivity contribution in [2.75, 3.05) is 101 Å². The van der Waals surface area contributed by atoms with Gasteiger partial charge in [-0.05, 0) is 97.8 Å². The maximum Gasteiger partial charge on any atom is 0.261 e. The largest absolute Gasteiger partial charge is 0.493 e. The lowest BCUT2D eigenvalue weighted by Gasteiger charge is -2.35. The van der Waals surface area contributed by atoms with E-state index in [1.165, 1.54) is 16.7 Å². The molecular formula is C65H74N6O12S. The van der Waals surface area contributed by atoms with Crippen LogP contribution in [0.3, 0.4) is 0 Å². The number of nitrogens with zero attached hydrogens (tertiary/aromatic N) is 5. The number of thioether (sulfide) groups is 1. The number of para-hydroxylation sites is 2. The van der Waals surface area contributed by atoms with Crippen molar-refractivity contribution in [1.29, 1.82) is 0 Å². The number of likely N-dealkylation sites (tertiary alicyclic amines) is 1. The Morgan fingerprint density at radius 3 is 2.05 bits per heavy atom. The number of ether oxygens (including phenoxy) is 7. The van der Waals surface area contributed by atoms with Gasteiger partial charge in [-0.3, -0.25) is 38.8 Å². The molecule has 5 aliphatic heterocycles. The molecule has 2 fully saturated rings. The Balaban J connectivity index is 0.880. The molecule has 5 aromatic carbocycles. The van der Waals surface area contributed by atoms with Crippen LogP contribution in [0.1, 0.15) is 95.3 Å². The minimum atomic E-state index is -0.614. The highest BCUT2D eigenvalue weighted by atomic mass is 32.2. The predicted molar refractivity (Wildman–Crippen MR) is 323 cm³/mol. The van der Waals surface area contributed by atoms with Crippen LogP contribution in [0, 0.1) is 5.92 Å². The minimum absolute atomic E-state index is 0.0196. The first-order valence-electron chi connectivity index (χ1n) is 29.2. The van der Waals surface area contributed by atoms with E-state index in [9.17, 15) is 24.0 Å². The molecule has 0 bridgehead atoms. The summed E-state index contributed by atoms with van der Waals surface area (Å²) >= 11 is 1.46. The van der Waals surface area contributed by atoms with Crippen molar-refractivity contribution in [3.05, 3.63) is 124 Å². The van der Waals surface area contributed by atoms with E-state index in [-0.39, 0.29) is 80.0 Å². The first-order chi connectivity index (χ1) is 40.8. The molecule has 0 spiro atoms. The highest BCUT2D eigenvalue weighted by molar-refractivity contribution is 8.02. The summed E-state index contributed by atoms with van der Waals surface area (Å²) in [6.45, 7) is 7.85. The number of imide groups is 1. The van der Waals surface area contributed by atoms with Crippen LogP contribution in [-0.4, -0.2) is 143 Å². The van der Waals surface area contributed by atoms with E-state index in [1.807, 2.05) is 65.7 Å². The highest BCUT2D eigenvalue weighted by Crippen LogP contribution is 2.44. The van der Waals surface area contributed by atoms with Crippen LogP contribution in [0.2, 0.25) is 0 Å². The van der Waals surface area contributed by atoms with Gasteiger partial charge < -0.3 is 48.3 Å². The van der Waals surface area contributed by atoms with E-state index in [4.69, 9.17) is 38.2 Å². The van der Waals surface area contributed by atoms with Crippen LogP contribution in [0.15, 0.2) is 96.0 Å². The number of benzene rings is 5. The summed E-state index contributed by atoms with van der Waals surface area (Å²) < 4.78 is 41.6. The van der Waals surface area contributed by atoms with Gasteiger partial charge in [-0.15, -0.1) is 11.8 Å². The van der Waals surface area contributed by atoms with Gasteiger partial charge in [0.05, 0.1) is 87.1 Å². The summed E-state index contributed by atoms with van der Waals surface area (Å²) in [7, 11) is 4.73. The fourth-order valence-corrected chi connectivity index (χ4v) is 13.9. The molecule has 1 aliphatic carbocycles. The third-order valence-electron chi connectivity index (χ3n) is 16.6. The second kappa shape index (κ2) is 25.8. The van der Waals surface area contributed by atoms with Crippen molar-refractivity contribution in [3.8, 4) is 23.0 Å². The Bertz CT molecular complexity index is 3330. The molecule has 0 aromatic heterocycles. The molecule has 4 amide bonds. The summed E-state index contributed by atoms with van der Waals surface area (Å²) in [4.78, 5) is 81.1. The van der Waals surface area contributed by atoms with Crippen molar-refractivity contribution in [2.45, 2.75) is 101 Å². The zero-order valence-electron chi connectivity index (χ0n) is 48.5. The average molecular weight is 1160 g/mol. The number of nitrogens with one attached hydrogen (secondary N) is 1. The standard InChI is InChI=1S/C65H74N6O12S/c1-65(2,84-60-35-61(73)69(64(60)76)19-18-55(72)43-12-6-7-13-43)40-68(20-21-80-24-25-81-23-22-77-3)46-27-41(38-82-58-33-51-49(31-56(58)78-4)62(74)70-47(36-66-51)29-44-14-8-10-16-53(44)70)26-42(28-46)39-83-59-34-52-50(32-57(59)79-5)63(75)71-48(37-67-52)30-45-15-9-11-17-54(45)71/h8-11,14-17,26-28,31-34,36,43,47-48,60,67H,6-7,12-13,18-25,29-30,35,37-40H2,1-5H3/t47-,48-,60?/m0/s1. The van der Waals surface area contributed by atoms with Crippen LogP contribution in [0.5, 0.6) is 23.0 Å². The number of rotatable bonds is 26. The molecule has 5 aromatic rings. The second-order valence-corrected chi connectivity index (χ2v) is 24.8. The van der Waals surface area contributed by atoms with E-state index < -0.39 is 10.00 Å². The lowest BCUT2D eigenvalue weighted by molar-refractivity contribution is -0.138. The first-order valence-corrected chi connectivity index (χ1v) is 30.0. The Hall–Kier alpha value is -7.45. The van der Waals surface area contributed by atoms with E-state index in [0.717, 1.165) is 71.4 Å². The average Bonchev–Trinajstić information content (AvgIpc) is 2.11. The molecule has 442 valence electrons. The Morgan fingerprint density at radius 2 is 1.35 bits per heavy atom. The van der Waals surface area contributed by atoms with Crippen molar-refractivity contribution in [1.82, 2.24) is 4.90 Å². The van der Waals surface area contributed by atoms with Crippen molar-refractivity contribution in [2.24, 2.45) is 10.9 Å². The normalized spacial score (nSPS) is 18.8. The molecule has 6 aliphatic rings. The topological polar surface area (TPSA) is 187 Å². The number of ketones is 1. The second-order valence-electron chi connectivity index (χ2n) is 22.8. The molecule has 1 unspecified atom stereocenters. The fraction of sp³-hybridized carbons (Fsp3) is 0.446. The number of hydrogen-bond acceptors (Lipinski definition) is 16. The number of Topliss-reactive ketones (excluding diaryl/α,β-unsaturated/α-hetero) is 1. The van der Waals surface area contributed by atoms with E-state index in [1.54, 1.807) is 44.4 Å². The lowest BCUT2D eigenvalue weighted by atomic mass is 10.0.